The summed E-state index contributed by atoms with van der Waals surface area (Å²) in [6.45, 7) is -0.00597. The van der Waals surface area contributed by atoms with Crippen molar-refractivity contribution >= 4 is 16.0 Å². The number of hydrogen-bond donors (Lipinski definition) is 0. The minimum atomic E-state index is -4.48. The molecule has 1 heterocycles. The topological polar surface area (TPSA) is 72.9 Å². The molecule has 0 saturated carbocycles. The van der Waals surface area contributed by atoms with Gasteiger partial charge in [0.05, 0.1) is 23.7 Å². The maximum atomic E-state index is 13.1. The number of carbonyl (C=O) groups is 1. The molecule has 0 bridgehead atoms. The number of alkyl halides is 3. The molecule has 1 aliphatic heterocycles. The number of rotatable bonds is 5. The van der Waals surface area contributed by atoms with Gasteiger partial charge in [-0.05, 0) is 35.4 Å². The molecule has 3 rings (SSSR count). The molecule has 1 saturated heterocycles. The molecule has 10 heteroatoms. The third-order valence-corrected chi connectivity index (χ3v) is 6.90. The van der Waals surface area contributed by atoms with Crippen LogP contribution in [-0.2, 0) is 30.5 Å². The smallest absolute Gasteiger partial charge is 0.416 e. The summed E-state index contributed by atoms with van der Waals surface area (Å²) in [5, 5.41) is 0. The molecule has 0 aromatic heterocycles. The lowest BCUT2D eigenvalue weighted by atomic mass is 10.0. The Labute approximate surface area is 172 Å². The molecule has 6 nitrogen and oxygen atoms in total. The van der Waals surface area contributed by atoms with E-state index in [2.05, 4.69) is 0 Å². The van der Waals surface area contributed by atoms with Gasteiger partial charge in [0.25, 0.3) is 0 Å². The Morgan fingerprint density at radius 1 is 1.07 bits per heavy atom. The summed E-state index contributed by atoms with van der Waals surface area (Å²) >= 11 is 0. The average Bonchev–Trinajstić information content (AvgIpc) is 3.18. The van der Waals surface area contributed by atoms with Gasteiger partial charge >= 0.3 is 12.1 Å². The normalized spacial score (nSPS) is 20.3. The third-order valence-electron chi connectivity index (χ3n) is 5.01. The van der Waals surface area contributed by atoms with E-state index in [-0.39, 0.29) is 17.9 Å². The van der Waals surface area contributed by atoms with E-state index < -0.39 is 39.9 Å². The number of ether oxygens (including phenoxy) is 2. The molecule has 0 spiro atoms. The van der Waals surface area contributed by atoms with Crippen molar-refractivity contribution in [1.82, 2.24) is 4.31 Å². The molecular formula is C20H20F3NO5S. The van der Waals surface area contributed by atoms with Gasteiger partial charge < -0.3 is 9.47 Å². The predicted molar refractivity (Wildman–Crippen MR) is 102 cm³/mol. The molecule has 2 aromatic rings. The highest BCUT2D eigenvalue weighted by Crippen LogP contribution is 2.33. The summed E-state index contributed by atoms with van der Waals surface area (Å²) in [5.41, 5.74) is -0.0529. The number of benzene rings is 2. The molecule has 0 unspecified atom stereocenters. The number of halogens is 3. The highest BCUT2D eigenvalue weighted by atomic mass is 32.2. The van der Waals surface area contributed by atoms with Crippen LogP contribution in [0.15, 0.2) is 53.4 Å². The Bertz CT molecular complexity index is 1020. The molecule has 1 fully saturated rings. The first kappa shape index (κ1) is 22.3. The zero-order valence-electron chi connectivity index (χ0n) is 16.2. The van der Waals surface area contributed by atoms with Crippen molar-refractivity contribution in [3.05, 3.63) is 54.1 Å². The third kappa shape index (κ3) is 4.35. The number of carbonyl (C=O) groups excluding carboxylic acids is 1. The van der Waals surface area contributed by atoms with Crippen molar-refractivity contribution in [2.24, 2.45) is 0 Å². The Morgan fingerprint density at radius 2 is 1.73 bits per heavy atom. The summed E-state index contributed by atoms with van der Waals surface area (Å²) in [7, 11) is -1.44. The largest absolute Gasteiger partial charge is 0.468 e. The quantitative estimate of drug-likeness (QED) is 0.663. The van der Waals surface area contributed by atoms with E-state index in [9.17, 15) is 26.4 Å². The SMILES string of the molecule is COC(=O)[C@@H]1C[C@H](OC)CN1S(=O)(=O)c1ccc(-c2cccc(C(F)(F)F)c2)cc1. The van der Waals surface area contributed by atoms with E-state index in [1.165, 1.54) is 50.6 Å². The van der Waals surface area contributed by atoms with E-state index in [0.717, 1.165) is 16.4 Å². The molecule has 0 aliphatic carbocycles. The van der Waals surface area contributed by atoms with Crippen LogP contribution < -0.4 is 0 Å². The van der Waals surface area contributed by atoms with E-state index >= 15 is 0 Å². The van der Waals surface area contributed by atoms with Crippen LogP contribution >= 0.6 is 0 Å². The van der Waals surface area contributed by atoms with Crippen LogP contribution in [0.4, 0.5) is 13.2 Å². The van der Waals surface area contributed by atoms with Gasteiger partial charge in [-0.15, -0.1) is 0 Å². The lowest BCUT2D eigenvalue weighted by molar-refractivity contribution is -0.144. The summed E-state index contributed by atoms with van der Waals surface area (Å²) in [6, 6.07) is 9.23. The van der Waals surface area contributed by atoms with Crippen molar-refractivity contribution < 1.29 is 35.9 Å². The van der Waals surface area contributed by atoms with Crippen LogP contribution in [0.2, 0.25) is 0 Å². The Kier molecular flexibility index (Phi) is 6.21. The van der Waals surface area contributed by atoms with Crippen LogP contribution in [0.3, 0.4) is 0 Å². The summed E-state index contributed by atoms with van der Waals surface area (Å²) in [4.78, 5) is 12.0. The zero-order chi connectivity index (χ0) is 22.1. The zero-order valence-corrected chi connectivity index (χ0v) is 17.0. The minimum absolute atomic E-state index is 0.00597. The van der Waals surface area contributed by atoms with Gasteiger partial charge in [0.15, 0.2) is 0 Å². The van der Waals surface area contributed by atoms with Gasteiger partial charge in [-0.2, -0.15) is 17.5 Å². The van der Waals surface area contributed by atoms with E-state index in [4.69, 9.17) is 9.47 Å². The number of nitrogens with zero attached hydrogens (tertiary/aromatic N) is 1. The Hall–Kier alpha value is -2.43. The fourth-order valence-corrected chi connectivity index (χ4v) is 5.01. The van der Waals surface area contributed by atoms with Crippen LogP contribution in [-0.4, -0.2) is 51.6 Å². The fraction of sp³-hybridized carbons (Fsp3) is 0.350. The van der Waals surface area contributed by atoms with Crippen LogP contribution in [0, 0.1) is 0 Å². The van der Waals surface area contributed by atoms with Crippen LogP contribution in [0.25, 0.3) is 11.1 Å². The fourth-order valence-electron chi connectivity index (χ4n) is 3.39. The molecular weight excluding hydrogens is 423 g/mol. The summed E-state index contributed by atoms with van der Waals surface area (Å²) in [6.07, 6.45) is -4.76. The average molecular weight is 443 g/mol. The first-order chi connectivity index (χ1) is 14.1. The maximum Gasteiger partial charge on any atom is 0.416 e. The molecule has 30 heavy (non-hydrogen) atoms. The number of sulfonamides is 1. The van der Waals surface area contributed by atoms with Crippen LogP contribution in [0.5, 0.6) is 0 Å². The molecule has 2 atom stereocenters. The van der Waals surface area contributed by atoms with Crippen molar-refractivity contribution in [1.29, 1.82) is 0 Å². The standard InChI is InChI=1S/C20H20F3NO5S/c1-28-16-11-18(19(25)29-2)24(12-16)30(26,27)17-8-6-13(7-9-17)14-4-3-5-15(10-14)20(21,22)23/h3-10,16,18H,11-12H2,1-2H3/t16-,18-/m0/s1. The highest BCUT2D eigenvalue weighted by molar-refractivity contribution is 7.89. The lowest BCUT2D eigenvalue weighted by Gasteiger charge is -2.22. The molecule has 0 radical (unpaired) electrons. The number of hydrogen-bond acceptors (Lipinski definition) is 5. The minimum Gasteiger partial charge on any atom is -0.468 e. The monoisotopic (exact) mass is 443 g/mol. The second-order valence-corrected chi connectivity index (χ2v) is 8.70. The Balaban J connectivity index is 1.91. The maximum absolute atomic E-state index is 13.1. The van der Waals surface area contributed by atoms with Crippen LogP contribution in [0.1, 0.15) is 12.0 Å². The van der Waals surface area contributed by atoms with Gasteiger partial charge in [0.2, 0.25) is 10.0 Å². The van der Waals surface area contributed by atoms with Crippen molar-refractivity contribution in [3.8, 4) is 11.1 Å². The second-order valence-electron chi connectivity index (χ2n) is 6.81. The number of methoxy groups -OCH3 is 2. The first-order valence-electron chi connectivity index (χ1n) is 8.98. The van der Waals surface area contributed by atoms with Gasteiger partial charge in [-0.1, -0.05) is 24.3 Å². The van der Waals surface area contributed by atoms with E-state index in [0.29, 0.717) is 11.1 Å². The van der Waals surface area contributed by atoms with Gasteiger partial charge in [0, 0.05) is 20.1 Å². The highest BCUT2D eigenvalue weighted by Gasteiger charge is 2.44. The van der Waals surface area contributed by atoms with Gasteiger partial charge in [-0.25, -0.2) is 8.42 Å². The molecule has 1 aliphatic rings. The van der Waals surface area contributed by atoms with Gasteiger partial charge in [0.1, 0.15) is 6.04 Å². The van der Waals surface area contributed by atoms with Crippen molar-refractivity contribution in [2.75, 3.05) is 20.8 Å². The van der Waals surface area contributed by atoms with E-state index in [1.807, 2.05) is 0 Å². The molecule has 0 amide bonds. The second kappa shape index (κ2) is 8.37. The lowest BCUT2D eigenvalue weighted by Crippen LogP contribution is -2.41. The first-order valence-corrected chi connectivity index (χ1v) is 10.4. The molecule has 162 valence electrons. The summed E-state index contributed by atoms with van der Waals surface area (Å²) in [5.74, 6) is -0.682. The summed E-state index contributed by atoms with van der Waals surface area (Å²) < 4.78 is 75.9. The molecule has 0 N–H and O–H groups in total. The van der Waals surface area contributed by atoms with E-state index in [1.54, 1.807) is 0 Å². The van der Waals surface area contributed by atoms with Crippen molar-refractivity contribution in [2.45, 2.75) is 29.6 Å². The predicted octanol–water partition coefficient (Wildman–Crippen LogP) is 3.32. The van der Waals surface area contributed by atoms with Gasteiger partial charge in [-0.3, -0.25) is 4.79 Å². The van der Waals surface area contributed by atoms with Crippen molar-refractivity contribution in [3.63, 3.8) is 0 Å². The molecule has 2 aromatic carbocycles. The Morgan fingerprint density at radius 3 is 2.30 bits per heavy atom. The number of esters is 1.